The summed E-state index contributed by atoms with van der Waals surface area (Å²) in [7, 11) is 0. The van der Waals surface area contributed by atoms with E-state index in [2.05, 4.69) is 4.98 Å². The number of hydrogen-bond acceptors (Lipinski definition) is 2. The molecule has 4 rings (SSSR count). The molecule has 0 radical (unpaired) electrons. The highest BCUT2D eigenvalue weighted by molar-refractivity contribution is 6.80. The molecule has 0 aliphatic carbocycles. The molecule has 0 bridgehead atoms. The van der Waals surface area contributed by atoms with Crippen LogP contribution in [0.5, 0.6) is 5.75 Å². The van der Waals surface area contributed by atoms with E-state index in [0.717, 1.165) is 16.4 Å². The first-order valence-electron chi connectivity index (χ1n) is 8.32. The molecule has 0 unspecified atom stereocenters. The van der Waals surface area contributed by atoms with Crippen LogP contribution in [0, 0.1) is 5.82 Å². The zero-order valence-electron chi connectivity index (χ0n) is 14.1. The second-order valence-corrected chi connectivity index (χ2v) is 6.87. The van der Waals surface area contributed by atoms with E-state index in [0.29, 0.717) is 21.3 Å². The molecule has 0 aliphatic heterocycles. The lowest BCUT2D eigenvalue weighted by Gasteiger charge is -2.18. The summed E-state index contributed by atoms with van der Waals surface area (Å²) in [6.45, 7) is -0.567. The monoisotopic (exact) mass is 395 g/mol. The van der Waals surface area contributed by atoms with Crippen molar-refractivity contribution in [2.45, 2.75) is 0 Å². The first-order valence-corrected chi connectivity index (χ1v) is 9.08. The topological polar surface area (TPSA) is 22.1 Å². The summed E-state index contributed by atoms with van der Waals surface area (Å²) >= 11 is 12.3. The van der Waals surface area contributed by atoms with Crippen molar-refractivity contribution >= 4 is 51.9 Å². The second-order valence-electron chi connectivity index (χ2n) is 6.06. The van der Waals surface area contributed by atoms with Crippen LogP contribution in [0.1, 0.15) is 0 Å². The van der Waals surface area contributed by atoms with Gasteiger partial charge in [0.25, 0.3) is 0 Å². The maximum absolute atomic E-state index is 13.9. The Morgan fingerprint density at radius 3 is 2.41 bits per heavy atom. The summed E-state index contributed by atoms with van der Waals surface area (Å²) in [4.78, 5) is 4.42. The van der Waals surface area contributed by atoms with Gasteiger partial charge in [-0.25, -0.2) is 4.39 Å². The predicted octanol–water partition coefficient (Wildman–Crippen LogP) is 4.87. The van der Waals surface area contributed by atoms with Crippen molar-refractivity contribution in [3.8, 4) is 5.75 Å². The Balaban J connectivity index is 1.83. The summed E-state index contributed by atoms with van der Waals surface area (Å²) in [6.07, 6.45) is 1.71. The number of hydrogen-bond donors (Lipinski definition) is 0. The molecule has 0 aliphatic rings. The standard InChI is InChI=1S/C21H13BCl2FNO/c23-18-10-9-16(13-19(18)24)22(15-6-2-7-17(25)12-15)27-20-8-1-4-14-5-3-11-26-21(14)20/h1-13H. The maximum Gasteiger partial charge on any atom is 0.426 e. The SMILES string of the molecule is Fc1cccc(B(Oc2cccc3cccnc23)c2ccc(Cl)c(Cl)c2)c1. The molecule has 0 atom stereocenters. The molecule has 3 aromatic carbocycles. The van der Waals surface area contributed by atoms with Gasteiger partial charge in [0.1, 0.15) is 17.1 Å². The highest BCUT2D eigenvalue weighted by Crippen LogP contribution is 2.24. The molecule has 0 N–H and O–H groups in total. The lowest BCUT2D eigenvalue weighted by Crippen LogP contribution is -2.47. The minimum atomic E-state index is -0.567. The largest absolute Gasteiger partial charge is 0.550 e. The number of rotatable bonds is 4. The molecular weight excluding hydrogens is 383 g/mol. The average molecular weight is 396 g/mol. The molecule has 0 fully saturated rings. The molecule has 2 nitrogen and oxygen atoms in total. The number of fused-ring (bicyclic) bond motifs is 1. The Morgan fingerprint density at radius 2 is 1.59 bits per heavy atom. The fourth-order valence-electron chi connectivity index (χ4n) is 2.97. The smallest absolute Gasteiger partial charge is 0.426 e. The van der Waals surface area contributed by atoms with Gasteiger partial charge in [-0.2, -0.15) is 0 Å². The van der Waals surface area contributed by atoms with Crippen molar-refractivity contribution in [2.24, 2.45) is 0 Å². The highest BCUT2D eigenvalue weighted by Gasteiger charge is 2.26. The van der Waals surface area contributed by atoms with Crippen molar-refractivity contribution in [2.75, 3.05) is 0 Å². The van der Waals surface area contributed by atoms with Gasteiger partial charge in [0.2, 0.25) is 0 Å². The number of benzene rings is 3. The third kappa shape index (κ3) is 3.77. The summed E-state index contributed by atoms with van der Waals surface area (Å²) < 4.78 is 20.2. The summed E-state index contributed by atoms with van der Waals surface area (Å²) in [5.41, 5.74) is 2.17. The van der Waals surface area contributed by atoms with Crippen LogP contribution in [0.4, 0.5) is 4.39 Å². The molecule has 132 valence electrons. The lowest BCUT2D eigenvalue weighted by molar-refractivity contribution is 0.595. The number of nitrogens with zero attached hydrogens (tertiary/aromatic N) is 1. The quantitative estimate of drug-likeness (QED) is 0.460. The van der Waals surface area contributed by atoms with Crippen LogP contribution < -0.4 is 15.6 Å². The number of para-hydroxylation sites is 1. The molecule has 0 amide bonds. The van der Waals surface area contributed by atoms with E-state index < -0.39 is 6.92 Å². The molecule has 4 aromatic rings. The van der Waals surface area contributed by atoms with Crippen molar-refractivity contribution in [3.63, 3.8) is 0 Å². The van der Waals surface area contributed by atoms with Gasteiger partial charge >= 0.3 is 6.92 Å². The highest BCUT2D eigenvalue weighted by atomic mass is 35.5. The lowest BCUT2D eigenvalue weighted by atomic mass is 9.55. The molecule has 0 spiro atoms. The third-order valence-electron chi connectivity index (χ3n) is 4.24. The van der Waals surface area contributed by atoms with Crippen molar-refractivity contribution in [1.29, 1.82) is 0 Å². The molecule has 1 aromatic heterocycles. The van der Waals surface area contributed by atoms with E-state index in [1.54, 1.807) is 24.4 Å². The zero-order chi connectivity index (χ0) is 18.8. The molecule has 0 saturated carbocycles. The summed E-state index contributed by atoms with van der Waals surface area (Å²) in [6, 6.07) is 21.1. The fraction of sp³-hybridized carbons (Fsp3) is 0. The van der Waals surface area contributed by atoms with E-state index in [-0.39, 0.29) is 5.82 Å². The minimum Gasteiger partial charge on any atom is -0.550 e. The van der Waals surface area contributed by atoms with Gasteiger partial charge in [-0.05, 0) is 47.3 Å². The molecule has 6 heteroatoms. The van der Waals surface area contributed by atoms with Gasteiger partial charge in [-0.15, -0.1) is 0 Å². The van der Waals surface area contributed by atoms with E-state index in [1.807, 2.05) is 42.5 Å². The van der Waals surface area contributed by atoms with Crippen LogP contribution >= 0.6 is 23.2 Å². The summed E-state index contributed by atoms with van der Waals surface area (Å²) in [5.74, 6) is 0.269. The predicted molar refractivity (Wildman–Crippen MR) is 110 cm³/mol. The Hall–Kier alpha value is -2.56. The zero-order valence-corrected chi connectivity index (χ0v) is 15.6. The van der Waals surface area contributed by atoms with Crippen molar-refractivity contribution in [3.05, 3.63) is 94.9 Å². The Kier molecular flexibility index (Phi) is 5.02. The van der Waals surface area contributed by atoms with E-state index in [1.165, 1.54) is 12.1 Å². The molecule has 1 heterocycles. The fourth-order valence-corrected chi connectivity index (χ4v) is 3.28. The van der Waals surface area contributed by atoms with Crippen LogP contribution in [-0.2, 0) is 0 Å². The Morgan fingerprint density at radius 1 is 0.815 bits per heavy atom. The maximum atomic E-state index is 13.9. The van der Waals surface area contributed by atoms with Crippen molar-refractivity contribution < 1.29 is 9.04 Å². The van der Waals surface area contributed by atoms with Crippen LogP contribution in [0.2, 0.25) is 10.0 Å². The van der Waals surface area contributed by atoms with Crippen LogP contribution in [0.3, 0.4) is 0 Å². The number of halogens is 3. The third-order valence-corrected chi connectivity index (χ3v) is 4.98. The summed E-state index contributed by atoms with van der Waals surface area (Å²) in [5, 5.41) is 1.82. The van der Waals surface area contributed by atoms with Crippen LogP contribution in [0.15, 0.2) is 79.0 Å². The van der Waals surface area contributed by atoms with Gasteiger partial charge in [-0.1, -0.05) is 59.6 Å². The second kappa shape index (κ2) is 7.59. The van der Waals surface area contributed by atoms with E-state index >= 15 is 0 Å². The molecular formula is C21H13BCl2FNO. The number of aromatic nitrogens is 1. The Bertz CT molecular complexity index is 1120. The van der Waals surface area contributed by atoms with Gasteiger partial charge < -0.3 is 4.65 Å². The Labute approximate surface area is 166 Å². The van der Waals surface area contributed by atoms with Crippen molar-refractivity contribution in [1.82, 2.24) is 4.98 Å². The average Bonchev–Trinajstić information content (AvgIpc) is 2.68. The normalized spacial score (nSPS) is 10.8. The van der Waals surface area contributed by atoms with E-state index in [9.17, 15) is 4.39 Å². The van der Waals surface area contributed by atoms with Gasteiger partial charge in [0, 0.05) is 11.6 Å². The molecule has 27 heavy (non-hydrogen) atoms. The van der Waals surface area contributed by atoms with Gasteiger partial charge in [-0.3, -0.25) is 4.98 Å². The first-order chi connectivity index (χ1) is 13.1. The van der Waals surface area contributed by atoms with Gasteiger partial charge in [0.15, 0.2) is 0 Å². The van der Waals surface area contributed by atoms with Crippen LogP contribution in [-0.4, -0.2) is 11.9 Å². The molecule has 0 saturated heterocycles. The minimum absolute atomic E-state index is 0.336. The van der Waals surface area contributed by atoms with Gasteiger partial charge in [0.05, 0.1) is 10.0 Å². The van der Waals surface area contributed by atoms with Crippen LogP contribution in [0.25, 0.3) is 10.9 Å². The number of pyridine rings is 1. The first kappa shape index (κ1) is 17.8. The van der Waals surface area contributed by atoms with E-state index in [4.69, 9.17) is 27.9 Å².